The molecule has 1 N–H and O–H groups in total. The lowest BCUT2D eigenvalue weighted by Crippen LogP contribution is -2.26. The largest absolute Gasteiger partial charge is 0.382 e. The SMILES string of the molecule is COCCOCC(=O)NOC. The number of carbonyl (C=O) groups excluding carboxylic acids is 1. The maximum absolute atomic E-state index is 10.6. The van der Waals surface area contributed by atoms with Crippen LogP contribution in [-0.2, 0) is 19.1 Å². The predicted octanol–water partition coefficient (Wildman–Crippen LogP) is -0.673. The minimum atomic E-state index is -0.302. The molecule has 0 aliphatic carbocycles. The van der Waals surface area contributed by atoms with Crippen LogP contribution in [0, 0.1) is 0 Å². The molecule has 0 rings (SSSR count). The van der Waals surface area contributed by atoms with Crippen LogP contribution in [-0.4, -0.2) is 39.9 Å². The van der Waals surface area contributed by atoms with Crippen molar-refractivity contribution in [1.29, 1.82) is 0 Å². The first-order chi connectivity index (χ1) is 5.31. The van der Waals surface area contributed by atoms with E-state index in [4.69, 9.17) is 9.47 Å². The molecule has 0 aliphatic heterocycles. The van der Waals surface area contributed by atoms with E-state index < -0.39 is 0 Å². The van der Waals surface area contributed by atoms with E-state index in [1.807, 2.05) is 0 Å². The first-order valence-electron chi connectivity index (χ1n) is 3.19. The maximum atomic E-state index is 10.6. The molecule has 0 aromatic rings. The van der Waals surface area contributed by atoms with Crippen LogP contribution in [0.25, 0.3) is 0 Å². The molecule has 0 aromatic heterocycles. The van der Waals surface area contributed by atoms with Crippen molar-refractivity contribution in [1.82, 2.24) is 5.48 Å². The third kappa shape index (κ3) is 7.24. The Morgan fingerprint density at radius 3 is 2.64 bits per heavy atom. The second-order valence-electron chi connectivity index (χ2n) is 1.77. The number of carbonyl (C=O) groups is 1. The van der Waals surface area contributed by atoms with Gasteiger partial charge < -0.3 is 9.47 Å². The molecule has 66 valence electrons. The molecule has 11 heavy (non-hydrogen) atoms. The zero-order chi connectivity index (χ0) is 8.53. The fourth-order valence-electron chi connectivity index (χ4n) is 0.450. The molecule has 0 spiro atoms. The van der Waals surface area contributed by atoms with Crippen LogP contribution in [0.2, 0.25) is 0 Å². The number of methoxy groups -OCH3 is 1. The second kappa shape index (κ2) is 7.46. The fraction of sp³-hybridized carbons (Fsp3) is 0.833. The van der Waals surface area contributed by atoms with Gasteiger partial charge >= 0.3 is 0 Å². The molecular weight excluding hydrogens is 150 g/mol. The molecule has 0 aliphatic rings. The highest BCUT2D eigenvalue weighted by Gasteiger charge is 1.97. The summed E-state index contributed by atoms with van der Waals surface area (Å²) in [4.78, 5) is 15.0. The number of amides is 1. The van der Waals surface area contributed by atoms with Crippen LogP contribution >= 0.6 is 0 Å². The number of hydroxylamine groups is 1. The second-order valence-corrected chi connectivity index (χ2v) is 1.77. The van der Waals surface area contributed by atoms with Crippen molar-refractivity contribution in [3.8, 4) is 0 Å². The van der Waals surface area contributed by atoms with Crippen LogP contribution in [0.5, 0.6) is 0 Å². The fourth-order valence-corrected chi connectivity index (χ4v) is 0.450. The molecule has 0 saturated heterocycles. The van der Waals surface area contributed by atoms with Crippen LogP contribution in [0.4, 0.5) is 0 Å². The van der Waals surface area contributed by atoms with E-state index in [1.54, 1.807) is 7.11 Å². The standard InChI is InChI=1S/C6H13NO4/c1-9-3-4-11-5-6(8)7-10-2/h3-5H2,1-2H3,(H,7,8). The summed E-state index contributed by atoms with van der Waals surface area (Å²) in [6, 6.07) is 0. The van der Waals surface area contributed by atoms with Crippen LogP contribution < -0.4 is 5.48 Å². The molecule has 0 bridgehead atoms. The van der Waals surface area contributed by atoms with E-state index in [9.17, 15) is 4.79 Å². The van der Waals surface area contributed by atoms with Gasteiger partial charge in [-0.1, -0.05) is 0 Å². The average Bonchev–Trinajstić information content (AvgIpc) is 1.99. The van der Waals surface area contributed by atoms with Crippen molar-refractivity contribution in [2.24, 2.45) is 0 Å². The van der Waals surface area contributed by atoms with Gasteiger partial charge in [-0.15, -0.1) is 0 Å². The van der Waals surface area contributed by atoms with Gasteiger partial charge in [0, 0.05) is 7.11 Å². The van der Waals surface area contributed by atoms with Gasteiger partial charge in [0.25, 0.3) is 5.91 Å². The Morgan fingerprint density at radius 2 is 2.09 bits per heavy atom. The molecule has 0 radical (unpaired) electrons. The predicted molar refractivity (Wildman–Crippen MR) is 37.8 cm³/mol. The van der Waals surface area contributed by atoms with E-state index in [-0.39, 0.29) is 12.5 Å². The van der Waals surface area contributed by atoms with Gasteiger partial charge in [0.15, 0.2) is 0 Å². The summed E-state index contributed by atoms with van der Waals surface area (Å²) in [5.41, 5.74) is 2.12. The summed E-state index contributed by atoms with van der Waals surface area (Å²) < 4.78 is 9.57. The maximum Gasteiger partial charge on any atom is 0.269 e. The number of ether oxygens (including phenoxy) is 2. The van der Waals surface area contributed by atoms with Crippen molar-refractivity contribution in [2.45, 2.75) is 0 Å². The lowest BCUT2D eigenvalue weighted by Gasteiger charge is -2.02. The summed E-state index contributed by atoms with van der Waals surface area (Å²) >= 11 is 0. The lowest BCUT2D eigenvalue weighted by atomic mass is 10.7. The summed E-state index contributed by atoms with van der Waals surface area (Å²) in [5, 5.41) is 0. The first kappa shape index (κ1) is 10.3. The Morgan fingerprint density at radius 1 is 1.36 bits per heavy atom. The number of nitrogens with one attached hydrogen (secondary N) is 1. The Labute approximate surface area is 65.6 Å². The normalized spacial score (nSPS) is 9.64. The number of hydrogen-bond acceptors (Lipinski definition) is 4. The highest BCUT2D eigenvalue weighted by atomic mass is 16.6. The van der Waals surface area contributed by atoms with Crippen LogP contribution in [0.1, 0.15) is 0 Å². The van der Waals surface area contributed by atoms with Gasteiger partial charge in [-0.3, -0.25) is 9.63 Å². The molecule has 0 aromatic carbocycles. The van der Waals surface area contributed by atoms with Crippen LogP contribution in [0.3, 0.4) is 0 Å². The Hall–Kier alpha value is -0.650. The third-order valence-corrected chi connectivity index (χ3v) is 0.881. The van der Waals surface area contributed by atoms with Crippen molar-refractivity contribution >= 4 is 5.91 Å². The molecule has 0 heterocycles. The van der Waals surface area contributed by atoms with Gasteiger partial charge in [-0.25, -0.2) is 5.48 Å². The Balaban J connectivity index is 3.04. The van der Waals surface area contributed by atoms with Gasteiger partial charge in [0.2, 0.25) is 0 Å². The minimum Gasteiger partial charge on any atom is -0.382 e. The van der Waals surface area contributed by atoms with E-state index in [1.165, 1.54) is 7.11 Å². The number of hydrogen-bond donors (Lipinski definition) is 1. The van der Waals surface area contributed by atoms with Crippen molar-refractivity contribution in [2.75, 3.05) is 34.0 Å². The topological polar surface area (TPSA) is 56.8 Å². The van der Waals surface area contributed by atoms with Gasteiger partial charge in [0.05, 0.1) is 20.3 Å². The minimum absolute atomic E-state index is 0.00278. The lowest BCUT2D eigenvalue weighted by molar-refractivity contribution is -0.136. The monoisotopic (exact) mass is 163 g/mol. The van der Waals surface area contributed by atoms with Crippen molar-refractivity contribution in [3.05, 3.63) is 0 Å². The summed E-state index contributed by atoms with van der Waals surface area (Å²) in [6.45, 7) is 0.894. The quantitative estimate of drug-likeness (QED) is 0.416. The van der Waals surface area contributed by atoms with Crippen molar-refractivity contribution in [3.63, 3.8) is 0 Å². The highest BCUT2D eigenvalue weighted by Crippen LogP contribution is 1.75. The molecule has 0 saturated carbocycles. The summed E-state index contributed by atoms with van der Waals surface area (Å²) in [5.74, 6) is -0.302. The highest BCUT2D eigenvalue weighted by molar-refractivity contribution is 5.75. The Bertz CT molecular complexity index is 107. The molecular formula is C6H13NO4. The molecule has 5 nitrogen and oxygen atoms in total. The molecule has 1 amide bonds. The average molecular weight is 163 g/mol. The van der Waals surface area contributed by atoms with Crippen molar-refractivity contribution < 1.29 is 19.1 Å². The van der Waals surface area contributed by atoms with Gasteiger partial charge in [-0.2, -0.15) is 0 Å². The van der Waals surface area contributed by atoms with E-state index in [0.717, 1.165) is 0 Å². The van der Waals surface area contributed by atoms with Gasteiger partial charge in [0.1, 0.15) is 6.61 Å². The first-order valence-corrected chi connectivity index (χ1v) is 3.19. The van der Waals surface area contributed by atoms with E-state index in [0.29, 0.717) is 13.2 Å². The third-order valence-electron chi connectivity index (χ3n) is 0.881. The summed E-state index contributed by atoms with van der Waals surface area (Å²) in [6.07, 6.45) is 0. The Kier molecular flexibility index (Phi) is 7.02. The molecule has 5 heteroatoms. The summed E-state index contributed by atoms with van der Waals surface area (Å²) in [7, 11) is 2.94. The zero-order valence-corrected chi connectivity index (χ0v) is 6.75. The molecule has 0 fully saturated rings. The zero-order valence-electron chi connectivity index (χ0n) is 6.75. The number of rotatable bonds is 6. The van der Waals surface area contributed by atoms with E-state index >= 15 is 0 Å². The smallest absolute Gasteiger partial charge is 0.269 e. The molecule has 0 atom stereocenters. The van der Waals surface area contributed by atoms with Crippen LogP contribution in [0.15, 0.2) is 0 Å². The molecule has 0 unspecified atom stereocenters. The van der Waals surface area contributed by atoms with E-state index in [2.05, 4.69) is 10.3 Å². The van der Waals surface area contributed by atoms with Gasteiger partial charge in [-0.05, 0) is 0 Å².